The standard InChI is InChI=1S/C19H28O2/c1-13(2)12-21-18-11-10-17(14(3)15(18)4)19(20)16-8-6-5-7-9-16/h10-11,13,16H,5-9,12H2,1-4H3. The van der Waals surface area contributed by atoms with Crippen molar-refractivity contribution in [3.8, 4) is 5.75 Å². The van der Waals surface area contributed by atoms with Crippen molar-refractivity contribution in [2.45, 2.75) is 59.8 Å². The van der Waals surface area contributed by atoms with Crippen LogP contribution in [-0.4, -0.2) is 12.4 Å². The summed E-state index contributed by atoms with van der Waals surface area (Å²) in [4.78, 5) is 12.7. The summed E-state index contributed by atoms with van der Waals surface area (Å²) >= 11 is 0. The lowest BCUT2D eigenvalue weighted by atomic mass is 9.82. The Bertz CT molecular complexity index is 497. The summed E-state index contributed by atoms with van der Waals surface area (Å²) in [5.41, 5.74) is 3.10. The summed E-state index contributed by atoms with van der Waals surface area (Å²) in [5, 5.41) is 0. The second kappa shape index (κ2) is 7.11. The first-order chi connectivity index (χ1) is 10.0. The van der Waals surface area contributed by atoms with Crippen LogP contribution in [0.25, 0.3) is 0 Å². The van der Waals surface area contributed by atoms with Crippen molar-refractivity contribution in [3.63, 3.8) is 0 Å². The van der Waals surface area contributed by atoms with Gasteiger partial charge in [0.1, 0.15) is 5.75 Å². The molecule has 0 N–H and O–H groups in total. The van der Waals surface area contributed by atoms with Crippen molar-refractivity contribution < 1.29 is 9.53 Å². The van der Waals surface area contributed by atoms with E-state index in [9.17, 15) is 4.79 Å². The van der Waals surface area contributed by atoms with Gasteiger partial charge in [-0.15, -0.1) is 0 Å². The molecule has 0 saturated heterocycles. The number of Topliss-reactive ketones (excluding diaryl/α,β-unsaturated/α-hetero) is 1. The normalized spacial score (nSPS) is 16.2. The van der Waals surface area contributed by atoms with E-state index in [0.717, 1.165) is 41.9 Å². The van der Waals surface area contributed by atoms with Gasteiger partial charge in [0.2, 0.25) is 0 Å². The molecule has 2 rings (SSSR count). The number of hydrogen-bond acceptors (Lipinski definition) is 2. The van der Waals surface area contributed by atoms with Crippen LogP contribution >= 0.6 is 0 Å². The Balaban J connectivity index is 2.17. The van der Waals surface area contributed by atoms with E-state index >= 15 is 0 Å². The molecule has 2 nitrogen and oxygen atoms in total. The highest BCUT2D eigenvalue weighted by molar-refractivity contribution is 5.99. The highest BCUT2D eigenvalue weighted by Crippen LogP contribution is 2.31. The van der Waals surface area contributed by atoms with Gasteiger partial charge >= 0.3 is 0 Å². The van der Waals surface area contributed by atoms with Gasteiger partial charge in [0.25, 0.3) is 0 Å². The number of carbonyl (C=O) groups is 1. The number of ether oxygens (including phenoxy) is 1. The fraction of sp³-hybridized carbons (Fsp3) is 0.632. The van der Waals surface area contributed by atoms with Crippen LogP contribution in [0.15, 0.2) is 12.1 Å². The SMILES string of the molecule is Cc1c(OCC(C)C)ccc(C(=O)C2CCCCC2)c1C. The van der Waals surface area contributed by atoms with Crippen molar-refractivity contribution in [2.24, 2.45) is 11.8 Å². The first kappa shape index (κ1) is 16.1. The van der Waals surface area contributed by atoms with Gasteiger partial charge in [0, 0.05) is 11.5 Å². The maximum absolute atomic E-state index is 12.7. The molecule has 2 heteroatoms. The topological polar surface area (TPSA) is 26.3 Å². The summed E-state index contributed by atoms with van der Waals surface area (Å²) in [5.74, 6) is 2.00. The average Bonchev–Trinajstić information content (AvgIpc) is 2.49. The van der Waals surface area contributed by atoms with Crippen LogP contribution in [0.3, 0.4) is 0 Å². The second-order valence-corrected chi connectivity index (χ2v) is 6.77. The monoisotopic (exact) mass is 288 g/mol. The third-order valence-electron chi connectivity index (χ3n) is 4.55. The number of hydrogen-bond donors (Lipinski definition) is 0. The van der Waals surface area contributed by atoms with Gasteiger partial charge in [0.15, 0.2) is 5.78 Å². The molecule has 0 bridgehead atoms. The summed E-state index contributed by atoms with van der Waals surface area (Å²) in [6.07, 6.45) is 5.80. The Labute approximate surface area is 128 Å². The van der Waals surface area contributed by atoms with E-state index in [4.69, 9.17) is 4.74 Å². The van der Waals surface area contributed by atoms with E-state index in [0.29, 0.717) is 11.7 Å². The maximum Gasteiger partial charge on any atom is 0.166 e. The maximum atomic E-state index is 12.7. The molecule has 0 heterocycles. The van der Waals surface area contributed by atoms with E-state index in [1.165, 1.54) is 19.3 Å². The molecule has 116 valence electrons. The molecule has 0 atom stereocenters. The number of benzene rings is 1. The molecule has 0 aliphatic heterocycles. The Hall–Kier alpha value is -1.31. The lowest BCUT2D eigenvalue weighted by Gasteiger charge is -2.22. The Kier molecular flexibility index (Phi) is 5.44. The number of ketones is 1. The van der Waals surface area contributed by atoms with Gasteiger partial charge in [-0.1, -0.05) is 33.1 Å². The van der Waals surface area contributed by atoms with Gasteiger partial charge in [-0.05, 0) is 55.9 Å². The van der Waals surface area contributed by atoms with Crippen molar-refractivity contribution in [2.75, 3.05) is 6.61 Å². The molecule has 1 saturated carbocycles. The number of rotatable bonds is 5. The zero-order valence-corrected chi connectivity index (χ0v) is 13.9. The third-order valence-corrected chi connectivity index (χ3v) is 4.55. The highest BCUT2D eigenvalue weighted by Gasteiger charge is 2.24. The van der Waals surface area contributed by atoms with Crippen LogP contribution in [0.1, 0.15) is 67.4 Å². The summed E-state index contributed by atoms with van der Waals surface area (Å²) in [7, 11) is 0. The predicted molar refractivity (Wildman–Crippen MR) is 87.2 cm³/mol. The molecule has 0 unspecified atom stereocenters. The molecule has 1 aromatic carbocycles. The van der Waals surface area contributed by atoms with Crippen molar-refractivity contribution in [1.29, 1.82) is 0 Å². The minimum atomic E-state index is 0.235. The van der Waals surface area contributed by atoms with Crippen molar-refractivity contribution in [1.82, 2.24) is 0 Å². The fourth-order valence-corrected chi connectivity index (χ4v) is 3.06. The van der Waals surface area contributed by atoms with Crippen LogP contribution < -0.4 is 4.74 Å². The Morgan fingerprint density at radius 3 is 2.43 bits per heavy atom. The fourth-order valence-electron chi connectivity index (χ4n) is 3.06. The summed E-state index contributed by atoms with van der Waals surface area (Å²) in [6.45, 7) is 9.11. The first-order valence-electron chi connectivity index (χ1n) is 8.28. The smallest absolute Gasteiger partial charge is 0.166 e. The van der Waals surface area contributed by atoms with Crippen LogP contribution in [0.2, 0.25) is 0 Å². The van der Waals surface area contributed by atoms with E-state index in [-0.39, 0.29) is 5.92 Å². The molecule has 1 aliphatic carbocycles. The second-order valence-electron chi connectivity index (χ2n) is 6.77. The van der Waals surface area contributed by atoms with E-state index < -0.39 is 0 Å². The van der Waals surface area contributed by atoms with Gasteiger partial charge in [0.05, 0.1) is 6.61 Å². The molecule has 1 fully saturated rings. The zero-order valence-electron chi connectivity index (χ0n) is 13.9. The summed E-state index contributed by atoms with van der Waals surface area (Å²) < 4.78 is 5.85. The third kappa shape index (κ3) is 3.87. The molecule has 0 aromatic heterocycles. The van der Waals surface area contributed by atoms with E-state index in [1.54, 1.807) is 0 Å². The van der Waals surface area contributed by atoms with Crippen LogP contribution in [0.4, 0.5) is 0 Å². The lowest BCUT2D eigenvalue weighted by Crippen LogP contribution is -2.19. The van der Waals surface area contributed by atoms with Crippen molar-refractivity contribution >= 4 is 5.78 Å². The zero-order chi connectivity index (χ0) is 15.4. The van der Waals surface area contributed by atoms with Gasteiger partial charge in [-0.2, -0.15) is 0 Å². The lowest BCUT2D eigenvalue weighted by molar-refractivity contribution is 0.0888. The molecule has 0 spiro atoms. The van der Waals surface area contributed by atoms with Gasteiger partial charge in [-0.25, -0.2) is 0 Å². The highest BCUT2D eigenvalue weighted by atomic mass is 16.5. The molecule has 1 aromatic rings. The van der Waals surface area contributed by atoms with Gasteiger partial charge < -0.3 is 4.74 Å². The minimum absolute atomic E-state index is 0.235. The van der Waals surface area contributed by atoms with Crippen LogP contribution in [-0.2, 0) is 0 Å². The molecule has 0 amide bonds. The first-order valence-corrected chi connectivity index (χ1v) is 8.28. The molecular formula is C19H28O2. The Morgan fingerprint density at radius 2 is 1.81 bits per heavy atom. The minimum Gasteiger partial charge on any atom is -0.493 e. The molecule has 21 heavy (non-hydrogen) atoms. The molecule has 1 aliphatic rings. The van der Waals surface area contributed by atoms with E-state index in [2.05, 4.69) is 20.8 Å². The number of carbonyl (C=O) groups excluding carboxylic acids is 1. The largest absolute Gasteiger partial charge is 0.493 e. The molecular weight excluding hydrogens is 260 g/mol. The average molecular weight is 288 g/mol. The molecule has 0 radical (unpaired) electrons. The quantitative estimate of drug-likeness (QED) is 0.704. The van der Waals surface area contributed by atoms with Gasteiger partial charge in [-0.3, -0.25) is 4.79 Å². The van der Waals surface area contributed by atoms with Crippen LogP contribution in [0.5, 0.6) is 5.75 Å². The predicted octanol–water partition coefficient (Wildman–Crippen LogP) is 5.10. The summed E-state index contributed by atoms with van der Waals surface area (Å²) in [6, 6.07) is 3.94. The van der Waals surface area contributed by atoms with Crippen molar-refractivity contribution in [3.05, 3.63) is 28.8 Å². The van der Waals surface area contributed by atoms with Crippen LogP contribution in [0, 0.1) is 25.7 Å². The Morgan fingerprint density at radius 1 is 1.14 bits per heavy atom. The van der Waals surface area contributed by atoms with E-state index in [1.807, 2.05) is 19.1 Å².